The third kappa shape index (κ3) is 10.7. The predicted octanol–water partition coefficient (Wildman–Crippen LogP) is 8.92. The molecular formula is C33H48O6Sn3. The van der Waals surface area contributed by atoms with E-state index in [0.717, 1.165) is 68.5 Å². The van der Waals surface area contributed by atoms with Crippen molar-refractivity contribution in [3.05, 3.63) is 108 Å². The molecule has 0 radical (unpaired) electrons. The fourth-order valence-electron chi connectivity index (χ4n) is 4.96. The van der Waals surface area contributed by atoms with Crippen LogP contribution in [-0.4, -0.2) is 58.9 Å². The zero-order chi connectivity index (χ0) is 29.6. The Morgan fingerprint density at radius 1 is 0.429 bits per heavy atom. The summed E-state index contributed by atoms with van der Waals surface area (Å²) in [4.78, 5) is 0. The van der Waals surface area contributed by atoms with Crippen molar-refractivity contribution >= 4 is 58.9 Å². The van der Waals surface area contributed by atoms with Gasteiger partial charge in [0.25, 0.3) is 0 Å². The Bertz CT molecular complexity index is 1000. The molecule has 0 spiro atoms. The first-order valence-electron chi connectivity index (χ1n) is 15.7. The van der Waals surface area contributed by atoms with Gasteiger partial charge in [-0.15, -0.1) is 0 Å². The van der Waals surface area contributed by atoms with Gasteiger partial charge in [0.15, 0.2) is 0 Å². The molecule has 0 atom stereocenters. The average molecular weight is 897 g/mol. The molecule has 3 aromatic rings. The summed E-state index contributed by atoms with van der Waals surface area (Å²) in [6.45, 7) is 8.08. The van der Waals surface area contributed by atoms with Crippen LogP contribution in [-0.2, 0) is 33.3 Å². The van der Waals surface area contributed by atoms with E-state index in [2.05, 4.69) is 93.6 Å². The number of hydrogen-bond acceptors (Lipinski definition) is 6. The normalized spacial score (nSPS) is 24.1. The van der Waals surface area contributed by atoms with Crippen molar-refractivity contribution in [3.8, 4) is 0 Å². The first-order chi connectivity index (χ1) is 20.5. The summed E-state index contributed by atoms with van der Waals surface area (Å²) in [6.07, 6.45) is 6.12. The minimum absolute atomic E-state index is 0.476. The third-order valence-corrected chi connectivity index (χ3v) is 61.7. The molecule has 3 aromatic carbocycles. The third-order valence-electron chi connectivity index (χ3n) is 7.35. The average Bonchev–Trinajstić information content (AvgIpc) is 3.04. The standard InChI is InChI=1S/3C7H7O.3C4H9.3O.3Sn/c3*8-6-7-4-2-1-3-5-7;3*1-3-4-2;;;;;;/h3*1-5H,6H2;3*1,3-4H2,2H3;;;;;;/q3*-1;;;;;;;3*+1. The number of unbranched alkanes of at least 4 members (excludes halogenated alkanes) is 3. The maximum atomic E-state index is 7.30. The summed E-state index contributed by atoms with van der Waals surface area (Å²) in [5.74, 6) is 0. The predicted molar refractivity (Wildman–Crippen MR) is 173 cm³/mol. The Balaban J connectivity index is 1.74. The van der Waals surface area contributed by atoms with E-state index in [1.165, 1.54) is 0 Å². The molecule has 0 saturated carbocycles. The van der Waals surface area contributed by atoms with E-state index in [9.17, 15) is 0 Å². The van der Waals surface area contributed by atoms with Crippen LogP contribution in [0, 0.1) is 0 Å². The summed E-state index contributed by atoms with van der Waals surface area (Å²) < 4.78 is 45.3. The van der Waals surface area contributed by atoms with Gasteiger partial charge in [-0.2, -0.15) is 0 Å². The first kappa shape index (κ1) is 34.7. The van der Waals surface area contributed by atoms with E-state index in [0.29, 0.717) is 19.8 Å². The molecule has 9 heteroatoms. The zero-order valence-corrected chi connectivity index (χ0v) is 34.2. The number of hydrogen-bond donors (Lipinski definition) is 0. The quantitative estimate of drug-likeness (QED) is 0.119. The number of rotatable bonds is 18. The fourth-order valence-corrected chi connectivity index (χ4v) is 87.6. The second kappa shape index (κ2) is 18.1. The van der Waals surface area contributed by atoms with Crippen LogP contribution < -0.4 is 0 Å². The maximum absolute atomic E-state index is 7.30. The zero-order valence-electron chi connectivity index (χ0n) is 25.6. The Hall–Kier alpha value is -0.184. The summed E-state index contributed by atoms with van der Waals surface area (Å²) >= 11 is -12.7. The Labute approximate surface area is 269 Å². The van der Waals surface area contributed by atoms with Gasteiger partial charge in [-0.3, -0.25) is 0 Å². The van der Waals surface area contributed by atoms with Crippen molar-refractivity contribution in [2.24, 2.45) is 0 Å². The van der Waals surface area contributed by atoms with Crippen LogP contribution in [0.1, 0.15) is 76.0 Å². The van der Waals surface area contributed by atoms with Crippen LogP contribution in [0.5, 0.6) is 0 Å². The molecule has 1 heterocycles. The minimum atomic E-state index is -4.23. The molecule has 0 unspecified atom stereocenters. The Kier molecular flexibility index (Phi) is 14.9. The van der Waals surface area contributed by atoms with Gasteiger partial charge in [0.2, 0.25) is 0 Å². The van der Waals surface area contributed by atoms with E-state index in [1.807, 2.05) is 18.2 Å². The van der Waals surface area contributed by atoms with Crippen molar-refractivity contribution < 1.29 is 13.5 Å². The molecule has 1 fully saturated rings. The van der Waals surface area contributed by atoms with Crippen LogP contribution in [0.2, 0.25) is 13.3 Å². The van der Waals surface area contributed by atoms with Crippen LogP contribution in [0.4, 0.5) is 0 Å². The molecule has 0 aromatic heterocycles. The van der Waals surface area contributed by atoms with Gasteiger partial charge >= 0.3 is 272 Å². The fraction of sp³-hybridized carbons (Fsp3) is 0.455. The summed E-state index contributed by atoms with van der Waals surface area (Å²) in [5.41, 5.74) is 3.38. The van der Waals surface area contributed by atoms with Gasteiger partial charge in [-0.25, -0.2) is 0 Å². The summed E-state index contributed by atoms with van der Waals surface area (Å²) in [5, 5.41) is 0. The Morgan fingerprint density at radius 3 is 0.929 bits per heavy atom. The van der Waals surface area contributed by atoms with E-state index in [-0.39, 0.29) is 0 Å². The van der Waals surface area contributed by atoms with Crippen LogP contribution in [0.15, 0.2) is 91.0 Å². The van der Waals surface area contributed by atoms with Crippen molar-refractivity contribution in [2.75, 3.05) is 0 Å². The molecule has 228 valence electrons. The van der Waals surface area contributed by atoms with Gasteiger partial charge in [0, 0.05) is 0 Å². The molecule has 42 heavy (non-hydrogen) atoms. The number of benzene rings is 3. The molecular weight excluding hydrogens is 848 g/mol. The molecule has 4 rings (SSSR count). The molecule has 0 amide bonds. The van der Waals surface area contributed by atoms with Gasteiger partial charge in [-0.1, -0.05) is 0 Å². The molecule has 1 saturated heterocycles. The Morgan fingerprint density at radius 2 is 0.690 bits per heavy atom. The van der Waals surface area contributed by atoms with E-state index >= 15 is 0 Å². The van der Waals surface area contributed by atoms with Crippen molar-refractivity contribution in [1.29, 1.82) is 0 Å². The monoisotopic (exact) mass is 900 g/mol. The second-order valence-corrected chi connectivity index (χ2v) is 42.9. The van der Waals surface area contributed by atoms with Crippen molar-refractivity contribution in [2.45, 2.75) is 92.4 Å². The van der Waals surface area contributed by atoms with Crippen molar-refractivity contribution in [1.82, 2.24) is 0 Å². The van der Waals surface area contributed by atoms with Gasteiger partial charge < -0.3 is 0 Å². The summed E-state index contributed by atoms with van der Waals surface area (Å²) in [6, 6.07) is 31.1. The van der Waals surface area contributed by atoms with Crippen LogP contribution >= 0.6 is 0 Å². The van der Waals surface area contributed by atoms with Crippen molar-refractivity contribution in [3.63, 3.8) is 0 Å². The molecule has 1 aliphatic rings. The SMILES string of the molecule is CCC[CH2][Sn]1([O]Cc2ccccc2)[O][Sn]([CH2]CCC)([O]Cc2ccccc2)[O][Sn]([CH2]CCC)([O]Cc2ccccc2)[O]1. The topological polar surface area (TPSA) is 55.4 Å². The van der Waals surface area contributed by atoms with Gasteiger partial charge in [-0.05, 0) is 0 Å². The molecule has 6 nitrogen and oxygen atoms in total. The molecule has 0 aliphatic carbocycles. The second-order valence-electron chi connectivity index (χ2n) is 11.0. The summed E-state index contributed by atoms with van der Waals surface area (Å²) in [7, 11) is 0. The van der Waals surface area contributed by atoms with Gasteiger partial charge in [0.1, 0.15) is 0 Å². The molecule has 0 N–H and O–H groups in total. The van der Waals surface area contributed by atoms with Crippen LogP contribution in [0.3, 0.4) is 0 Å². The van der Waals surface area contributed by atoms with Crippen LogP contribution in [0.25, 0.3) is 0 Å². The first-order valence-corrected chi connectivity index (χ1v) is 32.2. The van der Waals surface area contributed by atoms with Gasteiger partial charge in [0.05, 0.1) is 0 Å². The molecule has 1 aliphatic heterocycles. The molecule has 0 bridgehead atoms. The van der Waals surface area contributed by atoms with E-state index in [1.54, 1.807) is 0 Å². The van der Waals surface area contributed by atoms with E-state index < -0.39 is 58.9 Å². The van der Waals surface area contributed by atoms with E-state index in [4.69, 9.17) is 13.5 Å².